The first-order valence-corrected chi connectivity index (χ1v) is 4.95. The molecule has 0 aliphatic heterocycles. The summed E-state index contributed by atoms with van der Waals surface area (Å²) < 4.78 is 4.96. The Morgan fingerprint density at radius 2 is 2.12 bits per heavy atom. The molecule has 17 heavy (non-hydrogen) atoms. The predicted molar refractivity (Wildman–Crippen MR) is 63.5 cm³/mol. The van der Waals surface area contributed by atoms with Crippen molar-refractivity contribution >= 4 is 12.0 Å². The Bertz CT molecular complexity index is 429. The lowest BCUT2D eigenvalue weighted by molar-refractivity contribution is -0.162. The Morgan fingerprint density at radius 3 is 2.71 bits per heavy atom. The highest BCUT2D eigenvalue weighted by molar-refractivity contribution is 5.90. The quantitative estimate of drug-likeness (QED) is 0.635. The van der Waals surface area contributed by atoms with Gasteiger partial charge in [0.1, 0.15) is 0 Å². The average Bonchev–Trinajstić information content (AvgIpc) is 2.36. The standard InChI is InChI=1S/C12H15NO4/c1-13(17-3)12(15)7-5-9-4-6-10(14)11(8-9)16-2/h4-8,14H,1-3H3. The van der Waals surface area contributed by atoms with E-state index >= 15 is 0 Å². The van der Waals surface area contributed by atoms with Crippen LogP contribution in [-0.4, -0.2) is 37.3 Å². The van der Waals surface area contributed by atoms with Crippen molar-refractivity contribution in [2.24, 2.45) is 0 Å². The van der Waals surface area contributed by atoms with Crippen molar-refractivity contribution in [2.75, 3.05) is 21.3 Å². The number of benzene rings is 1. The van der Waals surface area contributed by atoms with Crippen LogP contribution in [-0.2, 0) is 9.63 Å². The topological polar surface area (TPSA) is 59.0 Å². The number of carbonyl (C=O) groups excluding carboxylic acids is 1. The Labute approximate surface area is 99.8 Å². The molecule has 0 aliphatic carbocycles. The molecular weight excluding hydrogens is 222 g/mol. The van der Waals surface area contributed by atoms with Crippen LogP contribution in [0.1, 0.15) is 5.56 Å². The van der Waals surface area contributed by atoms with Gasteiger partial charge in [0.05, 0.1) is 14.2 Å². The molecule has 0 radical (unpaired) electrons. The van der Waals surface area contributed by atoms with Crippen molar-refractivity contribution in [3.63, 3.8) is 0 Å². The lowest BCUT2D eigenvalue weighted by Gasteiger charge is -2.10. The van der Waals surface area contributed by atoms with Crippen molar-refractivity contribution in [1.82, 2.24) is 5.06 Å². The molecule has 0 bridgehead atoms. The van der Waals surface area contributed by atoms with E-state index in [1.807, 2.05) is 0 Å². The Balaban J connectivity index is 2.81. The normalized spacial score (nSPS) is 10.5. The maximum absolute atomic E-state index is 11.4. The number of ether oxygens (including phenoxy) is 1. The summed E-state index contributed by atoms with van der Waals surface area (Å²) in [6, 6.07) is 4.81. The maximum Gasteiger partial charge on any atom is 0.269 e. The van der Waals surface area contributed by atoms with Crippen molar-refractivity contribution < 1.29 is 19.5 Å². The molecule has 0 aromatic heterocycles. The Morgan fingerprint density at radius 1 is 1.41 bits per heavy atom. The van der Waals surface area contributed by atoms with E-state index in [9.17, 15) is 9.90 Å². The molecule has 1 aromatic carbocycles. The van der Waals surface area contributed by atoms with Crippen molar-refractivity contribution in [2.45, 2.75) is 0 Å². The molecule has 0 unspecified atom stereocenters. The molecule has 1 amide bonds. The third-order valence-electron chi connectivity index (χ3n) is 2.21. The SMILES string of the molecule is COc1cc(C=CC(=O)N(C)OC)ccc1O. The van der Waals surface area contributed by atoms with Gasteiger partial charge >= 0.3 is 0 Å². The molecule has 5 heteroatoms. The van der Waals surface area contributed by atoms with Gasteiger partial charge in [0.15, 0.2) is 11.5 Å². The number of phenolic OH excluding ortho intramolecular Hbond substituents is 1. The molecule has 0 fully saturated rings. The van der Waals surface area contributed by atoms with Crippen LogP contribution in [0.4, 0.5) is 0 Å². The minimum absolute atomic E-state index is 0.0602. The third kappa shape index (κ3) is 3.49. The fourth-order valence-electron chi connectivity index (χ4n) is 1.16. The van der Waals surface area contributed by atoms with E-state index in [1.165, 1.54) is 33.4 Å². The molecule has 0 saturated heterocycles. The second-order valence-corrected chi connectivity index (χ2v) is 3.28. The van der Waals surface area contributed by atoms with Crippen molar-refractivity contribution in [3.05, 3.63) is 29.8 Å². The van der Waals surface area contributed by atoms with Gasteiger partial charge in [-0.3, -0.25) is 9.63 Å². The van der Waals surface area contributed by atoms with Gasteiger partial charge in [-0.2, -0.15) is 0 Å². The van der Waals surface area contributed by atoms with Crippen LogP contribution in [0.3, 0.4) is 0 Å². The summed E-state index contributed by atoms with van der Waals surface area (Å²) in [6.07, 6.45) is 2.98. The molecular formula is C12H15NO4. The summed E-state index contributed by atoms with van der Waals surface area (Å²) in [7, 11) is 4.39. The highest BCUT2D eigenvalue weighted by Gasteiger charge is 2.03. The second kappa shape index (κ2) is 5.91. The van der Waals surface area contributed by atoms with Gasteiger partial charge in [-0.15, -0.1) is 0 Å². The molecule has 0 atom stereocenters. The van der Waals surface area contributed by atoms with Crippen LogP contribution in [0.2, 0.25) is 0 Å². The molecule has 0 aliphatic rings. The zero-order chi connectivity index (χ0) is 12.8. The van der Waals surface area contributed by atoms with Gasteiger partial charge in [0, 0.05) is 13.1 Å². The number of methoxy groups -OCH3 is 1. The first-order valence-electron chi connectivity index (χ1n) is 4.95. The lowest BCUT2D eigenvalue weighted by atomic mass is 10.2. The van der Waals surface area contributed by atoms with Crippen LogP contribution in [0.15, 0.2) is 24.3 Å². The third-order valence-corrected chi connectivity index (χ3v) is 2.21. The van der Waals surface area contributed by atoms with E-state index in [1.54, 1.807) is 18.2 Å². The molecule has 1 rings (SSSR count). The van der Waals surface area contributed by atoms with Gasteiger partial charge in [0.25, 0.3) is 5.91 Å². The number of hydrogen-bond donors (Lipinski definition) is 1. The highest BCUT2D eigenvalue weighted by Crippen LogP contribution is 2.26. The number of amides is 1. The van der Waals surface area contributed by atoms with Crippen LogP contribution in [0.25, 0.3) is 6.08 Å². The number of likely N-dealkylation sites (N-methyl/N-ethyl adjacent to an activating group) is 1. The van der Waals surface area contributed by atoms with Gasteiger partial charge in [-0.05, 0) is 23.8 Å². The van der Waals surface area contributed by atoms with Crippen LogP contribution >= 0.6 is 0 Å². The molecule has 0 saturated carbocycles. The minimum Gasteiger partial charge on any atom is -0.504 e. The molecule has 1 aromatic rings. The number of aromatic hydroxyl groups is 1. The van der Waals surface area contributed by atoms with Gasteiger partial charge in [0.2, 0.25) is 0 Å². The monoisotopic (exact) mass is 237 g/mol. The highest BCUT2D eigenvalue weighted by atomic mass is 16.7. The van der Waals surface area contributed by atoms with Crippen molar-refractivity contribution in [1.29, 1.82) is 0 Å². The summed E-state index contributed by atoms with van der Waals surface area (Å²) in [5.74, 6) is 0.143. The van der Waals surface area contributed by atoms with E-state index < -0.39 is 0 Å². The predicted octanol–water partition coefficient (Wildman–Crippen LogP) is 1.43. The fraction of sp³-hybridized carbons (Fsp3) is 0.250. The summed E-state index contributed by atoms with van der Waals surface area (Å²) in [6.45, 7) is 0. The number of rotatable bonds is 4. The number of hydroxylamine groups is 2. The minimum atomic E-state index is -0.278. The number of nitrogens with zero attached hydrogens (tertiary/aromatic N) is 1. The summed E-state index contributed by atoms with van der Waals surface area (Å²) in [5.41, 5.74) is 0.748. The first-order chi connectivity index (χ1) is 8.08. The van der Waals surface area contributed by atoms with Crippen LogP contribution < -0.4 is 4.74 Å². The van der Waals surface area contributed by atoms with Gasteiger partial charge in [-0.1, -0.05) is 6.07 Å². The van der Waals surface area contributed by atoms with Crippen molar-refractivity contribution in [3.8, 4) is 11.5 Å². The Hall–Kier alpha value is -2.01. The summed E-state index contributed by atoms with van der Waals surface area (Å²) in [4.78, 5) is 16.1. The molecule has 5 nitrogen and oxygen atoms in total. The zero-order valence-corrected chi connectivity index (χ0v) is 10.0. The lowest BCUT2D eigenvalue weighted by Crippen LogP contribution is -2.22. The molecule has 0 heterocycles. The Kier molecular flexibility index (Phi) is 4.54. The molecule has 1 N–H and O–H groups in total. The van der Waals surface area contributed by atoms with Gasteiger partial charge < -0.3 is 9.84 Å². The summed E-state index contributed by atoms with van der Waals surface area (Å²) in [5, 5.41) is 10.5. The summed E-state index contributed by atoms with van der Waals surface area (Å²) >= 11 is 0. The van der Waals surface area contributed by atoms with E-state index in [0.29, 0.717) is 5.75 Å². The fourth-order valence-corrected chi connectivity index (χ4v) is 1.16. The average molecular weight is 237 g/mol. The largest absolute Gasteiger partial charge is 0.504 e. The first kappa shape index (κ1) is 13.1. The van der Waals surface area contributed by atoms with E-state index in [2.05, 4.69) is 0 Å². The maximum atomic E-state index is 11.4. The molecule has 0 spiro atoms. The van der Waals surface area contributed by atoms with E-state index in [0.717, 1.165) is 10.6 Å². The smallest absolute Gasteiger partial charge is 0.269 e. The van der Waals surface area contributed by atoms with Crippen LogP contribution in [0.5, 0.6) is 11.5 Å². The second-order valence-electron chi connectivity index (χ2n) is 3.28. The number of hydrogen-bond acceptors (Lipinski definition) is 4. The number of carbonyl (C=O) groups is 1. The van der Waals surface area contributed by atoms with E-state index in [4.69, 9.17) is 9.57 Å². The van der Waals surface area contributed by atoms with Gasteiger partial charge in [-0.25, -0.2) is 5.06 Å². The zero-order valence-electron chi connectivity index (χ0n) is 10.0. The number of phenols is 1. The van der Waals surface area contributed by atoms with E-state index in [-0.39, 0.29) is 11.7 Å². The van der Waals surface area contributed by atoms with Crippen LogP contribution in [0, 0.1) is 0 Å². The molecule has 92 valence electrons.